The molecule has 0 aliphatic carbocycles. The largest absolute Gasteiger partial charge is 0.296 e. The summed E-state index contributed by atoms with van der Waals surface area (Å²) in [6.45, 7) is 6.72. The summed E-state index contributed by atoms with van der Waals surface area (Å²) in [5, 5.41) is 0.761. The van der Waals surface area contributed by atoms with Crippen LogP contribution in [0.1, 0.15) is 24.0 Å². The SMILES string of the molecule is CCCn1c(C)nc2sc(C)cc2c1=O. The van der Waals surface area contributed by atoms with E-state index in [9.17, 15) is 4.79 Å². The van der Waals surface area contributed by atoms with Gasteiger partial charge in [0.25, 0.3) is 5.56 Å². The first kappa shape index (κ1) is 10.4. The van der Waals surface area contributed by atoms with E-state index in [4.69, 9.17) is 0 Å². The van der Waals surface area contributed by atoms with E-state index in [2.05, 4.69) is 11.9 Å². The normalized spacial score (nSPS) is 11.1. The number of nitrogens with zero attached hydrogens (tertiary/aromatic N) is 2. The van der Waals surface area contributed by atoms with Crippen LogP contribution in [0.25, 0.3) is 10.2 Å². The topological polar surface area (TPSA) is 34.9 Å². The number of rotatable bonds is 2. The Kier molecular flexibility index (Phi) is 2.61. The molecule has 0 unspecified atom stereocenters. The molecule has 0 spiro atoms. The first-order valence-electron chi connectivity index (χ1n) is 5.11. The van der Waals surface area contributed by atoms with Crippen molar-refractivity contribution in [2.45, 2.75) is 33.7 Å². The molecule has 0 saturated heterocycles. The standard InChI is InChI=1S/C11H14N2OS/c1-4-5-13-8(3)12-10-9(11(13)14)6-7(2)15-10/h6H,4-5H2,1-3H3. The van der Waals surface area contributed by atoms with Crippen molar-refractivity contribution in [1.82, 2.24) is 9.55 Å². The van der Waals surface area contributed by atoms with Crippen molar-refractivity contribution in [2.75, 3.05) is 0 Å². The molecule has 80 valence electrons. The van der Waals surface area contributed by atoms with Gasteiger partial charge in [0.1, 0.15) is 10.7 Å². The van der Waals surface area contributed by atoms with Crippen LogP contribution < -0.4 is 5.56 Å². The van der Waals surface area contributed by atoms with E-state index in [0.29, 0.717) is 0 Å². The second-order valence-corrected chi connectivity index (χ2v) is 4.93. The van der Waals surface area contributed by atoms with E-state index in [1.54, 1.807) is 15.9 Å². The highest BCUT2D eigenvalue weighted by Gasteiger charge is 2.09. The average Bonchev–Trinajstić information content (AvgIpc) is 2.53. The van der Waals surface area contributed by atoms with Gasteiger partial charge in [-0.2, -0.15) is 0 Å². The number of aromatic nitrogens is 2. The van der Waals surface area contributed by atoms with Crippen molar-refractivity contribution < 1.29 is 0 Å². The second-order valence-electron chi connectivity index (χ2n) is 3.69. The summed E-state index contributed by atoms with van der Waals surface area (Å²) in [5.41, 5.74) is 0.101. The third-order valence-electron chi connectivity index (χ3n) is 2.41. The second kappa shape index (κ2) is 3.77. The maximum atomic E-state index is 12.1. The highest BCUT2D eigenvalue weighted by molar-refractivity contribution is 7.18. The van der Waals surface area contributed by atoms with Crippen LogP contribution in [0.5, 0.6) is 0 Å². The first-order chi connectivity index (χ1) is 7.13. The third-order valence-corrected chi connectivity index (χ3v) is 3.36. The lowest BCUT2D eigenvalue weighted by molar-refractivity contribution is 0.626. The van der Waals surface area contributed by atoms with Crippen LogP contribution in [0.4, 0.5) is 0 Å². The summed E-state index contributed by atoms with van der Waals surface area (Å²) < 4.78 is 1.76. The van der Waals surface area contributed by atoms with Crippen LogP contribution in [0.15, 0.2) is 10.9 Å². The zero-order valence-electron chi connectivity index (χ0n) is 9.20. The smallest absolute Gasteiger partial charge is 0.262 e. The maximum Gasteiger partial charge on any atom is 0.262 e. The van der Waals surface area contributed by atoms with Gasteiger partial charge in [0.15, 0.2) is 0 Å². The average molecular weight is 222 g/mol. The van der Waals surface area contributed by atoms with E-state index >= 15 is 0 Å². The molecular weight excluding hydrogens is 208 g/mol. The molecule has 0 aromatic carbocycles. The molecule has 2 heterocycles. The van der Waals surface area contributed by atoms with Gasteiger partial charge in [0.05, 0.1) is 5.39 Å². The molecular formula is C11H14N2OS. The van der Waals surface area contributed by atoms with Crippen molar-refractivity contribution in [2.24, 2.45) is 0 Å². The molecule has 0 amide bonds. The van der Waals surface area contributed by atoms with Crippen LogP contribution in [-0.2, 0) is 6.54 Å². The van der Waals surface area contributed by atoms with Crippen LogP contribution in [0, 0.1) is 13.8 Å². The minimum atomic E-state index is 0.101. The lowest BCUT2D eigenvalue weighted by Crippen LogP contribution is -2.23. The summed E-state index contributed by atoms with van der Waals surface area (Å²) in [6, 6.07) is 1.93. The highest BCUT2D eigenvalue weighted by Crippen LogP contribution is 2.20. The number of hydrogen-bond acceptors (Lipinski definition) is 3. The first-order valence-corrected chi connectivity index (χ1v) is 5.92. The Morgan fingerprint density at radius 1 is 1.47 bits per heavy atom. The minimum absolute atomic E-state index is 0.101. The van der Waals surface area contributed by atoms with Gasteiger partial charge in [0, 0.05) is 11.4 Å². The van der Waals surface area contributed by atoms with Crippen LogP contribution in [0.3, 0.4) is 0 Å². The molecule has 4 heteroatoms. The Morgan fingerprint density at radius 3 is 2.87 bits per heavy atom. The fraction of sp³-hybridized carbons (Fsp3) is 0.455. The van der Waals surface area contributed by atoms with Crippen molar-refractivity contribution >= 4 is 21.6 Å². The summed E-state index contributed by atoms with van der Waals surface area (Å²) >= 11 is 1.58. The molecule has 0 radical (unpaired) electrons. The van der Waals surface area contributed by atoms with Gasteiger partial charge in [-0.3, -0.25) is 9.36 Å². The van der Waals surface area contributed by atoms with E-state index in [0.717, 1.165) is 33.9 Å². The lowest BCUT2D eigenvalue weighted by atomic mass is 10.3. The fourth-order valence-electron chi connectivity index (χ4n) is 1.72. The molecule has 0 aliphatic heterocycles. The molecule has 2 aromatic rings. The molecule has 15 heavy (non-hydrogen) atoms. The quantitative estimate of drug-likeness (QED) is 0.782. The van der Waals surface area contributed by atoms with Gasteiger partial charge in [-0.25, -0.2) is 4.98 Å². The van der Waals surface area contributed by atoms with E-state index < -0.39 is 0 Å². The van der Waals surface area contributed by atoms with Gasteiger partial charge in [-0.05, 0) is 26.3 Å². The zero-order valence-corrected chi connectivity index (χ0v) is 10.0. The summed E-state index contributed by atoms with van der Waals surface area (Å²) in [4.78, 5) is 18.5. The Bertz CT molecular complexity index is 553. The van der Waals surface area contributed by atoms with Crippen LogP contribution >= 0.6 is 11.3 Å². The van der Waals surface area contributed by atoms with Crippen LogP contribution in [-0.4, -0.2) is 9.55 Å². The van der Waals surface area contributed by atoms with Crippen molar-refractivity contribution in [3.8, 4) is 0 Å². The molecule has 0 fully saturated rings. The van der Waals surface area contributed by atoms with E-state index in [1.165, 1.54) is 0 Å². The van der Waals surface area contributed by atoms with Crippen molar-refractivity contribution in [3.05, 3.63) is 27.1 Å². The molecule has 3 nitrogen and oxygen atoms in total. The van der Waals surface area contributed by atoms with Crippen molar-refractivity contribution in [3.63, 3.8) is 0 Å². The van der Waals surface area contributed by atoms with E-state index in [-0.39, 0.29) is 5.56 Å². The molecule has 0 bridgehead atoms. The fourth-order valence-corrected chi connectivity index (χ4v) is 2.64. The monoisotopic (exact) mass is 222 g/mol. The molecule has 0 saturated carbocycles. The maximum absolute atomic E-state index is 12.1. The number of hydrogen-bond donors (Lipinski definition) is 0. The molecule has 2 aromatic heterocycles. The third kappa shape index (κ3) is 1.69. The van der Waals surface area contributed by atoms with Gasteiger partial charge >= 0.3 is 0 Å². The van der Waals surface area contributed by atoms with Gasteiger partial charge in [-0.1, -0.05) is 6.92 Å². The number of thiophene rings is 1. The molecule has 0 aliphatic rings. The predicted octanol–water partition coefficient (Wildman–Crippen LogP) is 2.48. The Labute approximate surface area is 92.4 Å². The Morgan fingerprint density at radius 2 is 2.20 bits per heavy atom. The van der Waals surface area contributed by atoms with E-state index in [1.807, 2.05) is 19.9 Å². The zero-order chi connectivity index (χ0) is 11.0. The highest BCUT2D eigenvalue weighted by atomic mass is 32.1. The predicted molar refractivity (Wildman–Crippen MR) is 63.6 cm³/mol. The molecule has 0 N–H and O–H groups in total. The van der Waals surface area contributed by atoms with Gasteiger partial charge in [0.2, 0.25) is 0 Å². The molecule has 2 rings (SSSR count). The summed E-state index contributed by atoms with van der Waals surface area (Å²) in [7, 11) is 0. The lowest BCUT2D eigenvalue weighted by Gasteiger charge is -2.06. The summed E-state index contributed by atoms with van der Waals surface area (Å²) in [6.07, 6.45) is 0.955. The van der Waals surface area contributed by atoms with Crippen LogP contribution in [0.2, 0.25) is 0 Å². The minimum Gasteiger partial charge on any atom is -0.296 e. The van der Waals surface area contributed by atoms with Gasteiger partial charge in [-0.15, -0.1) is 11.3 Å². The Balaban J connectivity index is 2.77. The van der Waals surface area contributed by atoms with Gasteiger partial charge < -0.3 is 0 Å². The number of fused-ring (bicyclic) bond motifs is 1. The van der Waals surface area contributed by atoms with Crippen molar-refractivity contribution in [1.29, 1.82) is 0 Å². The number of aryl methyl sites for hydroxylation is 2. The Hall–Kier alpha value is -1.16. The summed E-state index contributed by atoms with van der Waals surface area (Å²) in [5.74, 6) is 0.816. The molecule has 0 atom stereocenters.